The number of nitrogens with two attached hydrogens (primary N) is 1. The maximum absolute atomic E-state index is 13.0. The van der Waals surface area contributed by atoms with Crippen molar-refractivity contribution in [1.82, 2.24) is 4.90 Å². The van der Waals surface area contributed by atoms with Gasteiger partial charge in [0.1, 0.15) is 10.6 Å². The molecule has 2 amide bonds. The van der Waals surface area contributed by atoms with Crippen LogP contribution in [0.25, 0.3) is 0 Å². The van der Waals surface area contributed by atoms with Gasteiger partial charge in [-0.25, -0.2) is 8.42 Å². The van der Waals surface area contributed by atoms with Crippen molar-refractivity contribution in [3.05, 3.63) is 52.5 Å². The lowest BCUT2D eigenvalue weighted by Crippen LogP contribution is -2.36. The molecule has 0 spiro atoms. The lowest BCUT2D eigenvalue weighted by atomic mass is 10.1. The maximum Gasteiger partial charge on any atom is 0.262 e. The molecule has 0 aliphatic carbocycles. The van der Waals surface area contributed by atoms with E-state index in [0.717, 1.165) is 12.1 Å². The molecule has 32 heavy (non-hydrogen) atoms. The number of phenolic OH excluding ortho intramolecular Hbond substituents is 1. The zero-order chi connectivity index (χ0) is 23.9. The summed E-state index contributed by atoms with van der Waals surface area (Å²) in [5.74, 6) is -2.02. The summed E-state index contributed by atoms with van der Waals surface area (Å²) in [6.07, 6.45) is 0. The van der Waals surface area contributed by atoms with E-state index in [-0.39, 0.29) is 53.0 Å². The van der Waals surface area contributed by atoms with Crippen LogP contribution in [0.3, 0.4) is 0 Å². The highest BCUT2D eigenvalue weighted by atomic mass is 35.5. The summed E-state index contributed by atoms with van der Waals surface area (Å²) >= 11 is 6.05. The van der Waals surface area contributed by atoms with Gasteiger partial charge >= 0.3 is 0 Å². The summed E-state index contributed by atoms with van der Waals surface area (Å²) in [7, 11) is -1.31. The number of anilines is 1. The first-order valence-electron chi connectivity index (χ1n) is 9.33. The Balaban J connectivity index is 2.44. The summed E-state index contributed by atoms with van der Waals surface area (Å²) in [5, 5.41) is 10.1. The van der Waals surface area contributed by atoms with Crippen LogP contribution < -0.4 is 10.5 Å². The first-order chi connectivity index (χ1) is 15.1. The Kier molecular flexibility index (Phi) is 8.84. The average Bonchev–Trinajstić information content (AvgIpc) is 2.75. The van der Waals surface area contributed by atoms with Crippen molar-refractivity contribution in [1.29, 1.82) is 0 Å². The fourth-order valence-corrected chi connectivity index (χ4v) is 4.30. The first kappa shape index (κ1) is 25.4. The lowest BCUT2D eigenvalue weighted by Gasteiger charge is -2.23. The van der Waals surface area contributed by atoms with Gasteiger partial charge in [0, 0.05) is 27.3 Å². The Morgan fingerprint density at radius 3 is 2.25 bits per heavy atom. The van der Waals surface area contributed by atoms with Gasteiger partial charge in [-0.2, -0.15) is 0 Å². The quantitative estimate of drug-likeness (QED) is 0.410. The minimum absolute atomic E-state index is 0.0890. The number of carbonyl (C=O) groups excluding carboxylic acids is 2. The number of rotatable bonds is 11. The molecule has 2 rings (SSSR count). The highest BCUT2D eigenvalue weighted by Crippen LogP contribution is 2.33. The van der Waals surface area contributed by atoms with E-state index < -0.39 is 27.6 Å². The molecule has 0 aromatic heterocycles. The summed E-state index contributed by atoms with van der Waals surface area (Å²) in [6, 6.07) is 7.70. The van der Waals surface area contributed by atoms with E-state index in [4.69, 9.17) is 26.8 Å². The van der Waals surface area contributed by atoms with Gasteiger partial charge in [-0.05, 0) is 24.3 Å². The fourth-order valence-electron chi connectivity index (χ4n) is 2.82. The smallest absolute Gasteiger partial charge is 0.262 e. The number of methoxy groups -OCH3 is 2. The molecule has 10 nitrogen and oxygen atoms in total. The third-order valence-corrected chi connectivity index (χ3v) is 6.13. The van der Waals surface area contributed by atoms with Gasteiger partial charge in [0.2, 0.25) is 5.91 Å². The molecule has 0 aliphatic heterocycles. The number of hydrogen-bond acceptors (Lipinski definition) is 7. The summed E-state index contributed by atoms with van der Waals surface area (Å²) < 4.78 is 38.0. The van der Waals surface area contributed by atoms with Crippen molar-refractivity contribution in [3.63, 3.8) is 0 Å². The van der Waals surface area contributed by atoms with Crippen molar-refractivity contribution in [2.45, 2.75) is 4.90 Å². The predicted octanol–water partition coefficient (Wildman–Crippen LogP) is 1.68. The highest BCUT2D eigenvalue weighted by molar-refractivity contribution is 7.92. The number of phenols is 1. The molecule has 2 aromatic rings. The number of halogens is 1. The van der Waals surface area contributed by atoms with Crippen LogP contribution in [0.2, 0.25) is 5.02 Å². The number of sulfonamides is 1. The van der Waals surface area contributed by atoms with Crippen molar-refractivity contribution < 1.29 is 32.6 Å². The van der Waals surface area contributed by atoms with E-state index in [1.54, 1.807) is 0 Å². The molecule has 0 bridgehead atoms. The van der Waals surface area contributed by atoms with Crippen LogP contribution in [0.5, 0.6) is 5.75 Å². The molecule has 0 heterocycles. The number of nitrogens with one attached hydrogen (secondary N) is 1. The molecule has 0 fully saturated rings. The van der Waals surface area contributed by atoms with Gasteiger partial charge in [0.05, 0.1) is 35.1 Å². The standard InChI is InChI=1S/C20H24ClN3O7S/c1-30-9-7-24(8-10-31-2)20(27)15-11-13(12-16(21)18(15)25)23-32(28,29)17-6-4-3-5-14(17)19(22)26/h3-6,11-12,23,25H,7-10H2,1-2H3,(H2,22,26). The molecule has 4 N–H and O–H groups in total. The maximum atomic E-state index is 13.0. The van der Waals surface area contributed by atoms with Crippen molar-refractivity contribution in [2.75, 3.05) is 45.2 Å². The number of aromatic hydroxyl groups is 1. The molecule has 0 unspecified atom stereocenters. The van der Waals surface area contributed by atoms with Crippen molar-refractivity contribution >= 4 is 39.1 Å². The zero-order valence-corrected chi connectivity index (χ0v) is 19.1. The predicted molar refractivity (Wildman–Crippen MR) is 119 cm³/mol. The fraction of sp³-hybridized carbons (Fsp3) is 0.300. The van der Waals surface area contributed by atoms with Gasteiger partial charge in [0.25, 0.3) is 15.9 Å². The minimum Gasteiger partial charge on any atom is -0.506 e. The Morgan fingerprint density at radius 1 is 1.09 bits per heavy atom. The molecule has 0 saturated heterocycles. The van der Waals surface area contributed by atoms with E-state index in [2.05, 4.69) is 4.72 Å². The number of ether oxygens (including phenoxy) is 2. The Morgan fingerprint density at radius 2 is 1.69 bits per heavy atom. The van der Waals surface area contributed by atoms with Crippen LogP contribution in [0.4, 0.5) is 5.69 Å². The second-order valence-electron chi connectivity index (χ2n) is 6.60. The number of hydrogen-bond donors (Lipinski definition) is 3. The van der Waals surface area contributed by atoms with Crippen LogP contribution in [0.1, 0.15) is 20.7 Å². The molecule has 0 atom stereocenters. The second kappa shape index (κ2) is 11.1. The molecule has 174 valence electrons. The molecular formula is C20H24ClN3O7S. The van der Waals surface area contributed by atoms with Gasteiger partial charge in [0.15, 0.2) is 0 Å². The lowest BCUT2D eigenvalue weighted by molar-refractivity contribution is 0.0624. The highest BCUT2D eigenvalue weighted by Gasteiger charge is 2.25. The monoisotopic (exact) mass is 485 g/mol. The van der Waals surface area contributed by atoms with Gasteiger partial charge in [-0.1, -0.05) is 23.7 Å². The van der Waals surface area contributed by atoms with E-state index in [1.165, 1.54) is 43.4 Å². The molecule has 2 aromatic carbocycles. The van der Waals surface area contributed by atoms with Crippen molar-refractivity contribution in [3.8, 4) is 5.75 Å². The Hall–Kier alpha value is -2.86. The second-order valence-corrected chi connectivity index (χ2v) is 8.66. The minimum atomic E-state index is -4.27. The van der Waals surface area contributed by atoms with Crippen LogP contribution >= 0.6 is 11.6 Å². The topological polar surface area (TPSA) is 148 Å². The SMILES string of the molecule is COCCN(CCOC)C(=O)c1cc(NS(=O)(=O)c2ccccc2C(N)=O)cc(Cl)c1O. The summed E-state index contributed by atoms with van der Waals surface area (Å²) in [6.45, 7) is 0.885. The van der Waals surface area contributed by atoms with Crippen molar-refractivity contribution in [2.24, 2.45) is 5.73 Å². The van der Waals surface area contributed by atoms with Gasteiger partial charge < -0.3 is 25.2 Å². The molecule has 0 radical (unpaired) electrons. The molecule has 12 heteroatoms. The number of carbonyl (C=O) groups is 2. The summed E-state index contributed by atoms with van der Waals surface area (Å²) in [5.41, 5.74) is 4.76. The van der Waals surface area contributed by atoms with E-state index in [0.29, 0.717) is 0 Å². The molecule has 0 saturated carbocycles. The van der Waals surface area contributed by atoms with Crippen LogP contribution in [-0.2, 0) is 19.5 Å². The Labute approximate surface area is 190 Å². The number of amides is 2. The number of nitrogens with zero attached hydrogens (tertiary/aromatic N) is 1. The number of primary amides is 1. The van der Waals surface area contributed by atoms with E-state index in [1.807, 2.05) is 0 Å². The Bertz CT molecular complexity index is 1080. The third-order valence-electron chi connectivity index (χ3n) is 4.41. The number of benzene rings is 2. The zero-order valence-electron chi connectivity index (χ0n) is 17.5. The van der Waals surface area contributed by atoms with Crippen LogP contribution in [-0.4, -0.2) is 70.8 Å². The average molecular weight is 486 g/mol. The normalized spacial score (nSPS) is 11.2. The van der Waals surface area contributed by atoms with Gasteiger partial charge in [-0.3, -0.25) is 14.3 Å². The van der Waals surface area contributed by atoms with Crippen LogP contribution in [0, 0.1) is 0 Å². The van der Waals surface area contributed by atoms with E-state index >= 15 is 0 Å². The van der Waals surface area contributed by atoms with E-state index in [9.17, 15) is 23.1 Å². The van der Waals surface area contributed by atoms with Gasteiger partial charge in [-0.15, -0.1) is 0 Å². The largest absolute Gasteiger partial charge is 0.506 e. The summed E-state index contributed by atoms with van der Waals surface area (Å²) in [4.78, 5) is 25.7. The van der Waals surface area contributed by atoms with Crippen LogP contribution in [0.15, 0.2) is 41.3 Å². The molecular weight excluding hydrogens is 462 g/mol. The third kappa shape index (κ3) is 6.10. The molecule has 0 aliphatic rings. The first-order valence-corrected chi connectivity index (χ1v) is 11.2.